The average molecular weight is 131 g/mol. The van der Waals surface area contributed by atoms with Crippen molar-refractivity contribution in [1.29, 1.82) is 0 Å². The maximum absolute atomic E-state index is 12.5. The summed E-state index contributed by atoms with van der Waals surface area (Å²) in [6.45, 7) is 0. The summed E-state index contributed by atoms with van der Waals surface area (Å²) in [5.41, 5.74) is 0. The van der Waals surface area contributed by atoms with Crippen LogP contribution >= 0.6 is 0 Å². The van der Waals surface area contributed by atoms with Crippen molar-refractivity contribution >= 4 is 0 Å². The topological polar surface area (TPSA) is 0 Å². The smallest absolute Gasteiger partial charge is 0.206 e. The predicted octanol–water partition coefficient (Wildman–Crippen LogP) is 2.26. The highest BCUT2D eigenvalue weighted by atomic mass is 19.3. The fraction of sp³-hybridized carbons (Fsp3) is 0.857. The van der Waals surface area contributed by atoms with Crippen LogP contribution in [-0.2, 0) is 0 Å². The predicted molar refractivity (Wildman–Crippen MR) is 30.1 cm³/mol. The van der Waals surface area contributed by atoms with Gasteiger partial charge in [-0.1, -0.05) is 6.42 Å². The highest BCUT2D eigenvalue weighted by Gasteiger charge is 2.67. The van der Waals surface area contributed by atoms with Gasteiger partial charge < -0.3 is 0 Å². The van der Waals surface area contributed by atoms with Gasteiger partial charge in [-0.2, -0.15) is 0 Å². The number of alkyl halides is 2. The maximum atomic E-state index is 12.5. The van der Waals surface area contributed by atoms with Gasteiger partial charge in [0.1, 0.15) is 0 Å². The number of rotatable bonds is 0. The molecule has 0 aromatic rings. The molecule has 9 heavy (non-hydrogen) atoms. The van der Waals surface area contributed by atoms with E-state index >= 15 is 0 Å². The first-order valence-electron chi connectivity index (χ1n) is 3.44. The second kappa shape index (κ2) is 1.47. The third-order valence-electron chi connectivity index (χ3n) is 2.40. The molecule has 0 spiro atoms. The third-order valence-corrected chi connectivity index (χ3v) is 2.40. The summed E-state index contributed by atoms with van der Waals surface area (Å²) < 4.78 is 24.9. The summed E-state index contributed by atoms with van der Waals surface area (Å²) in [4.78, 5) is 0. The van der Waals surface area contributed by atoms with E-state index in [0.29, 0.717) is 0 Å². The van der Waals surface area contributed by atoms with Crippen molar-refractivity contribution in [1.82, 2.24) is 0 Å². The zero-order chi connectivity index (χ0) is 6.48. The SMILES string of the molecule is FC1(F)C2[CH]CCCC21. The summed E-state index contributed by atoms with van der Waals surface area (Å²) in [5.74, 6) is -2.92. The molecular weight excluding hydrogens is 122 g/mol. The Labute approximate surface area is 53.2 Å². The lowest BCUT2D eigenvalue weighted by molar-refractivity contribution is 0.0889. The molecule has 2 fully saturated rings. The van der Waals surface area contributed by atoms with E-state index in [9.17, 15) is 8.78 Å². The van der Waals surface area contributed by atoms with Crippen molar-refractivity contribution < 1.29 is 8.78 Å². The van der Waals surface area contributed by atoms with Crippen LogP contribution in [0.15, 0.2) is 0 Å². The van der Waals surface area contributed by atoms with Crippen LogP contribution in [0.5, 0.6) is 0 Å². The highest BCUT2D eigenvalue weighted by molar-refractivity contribution is 5.13. The minimum absolute atomic E-state index is 0.272. The molecule has 0 aliphatic heterocycles. The number of hydrogen-bond donors (Lipinski definition) is 0. The molecule has 0 heterocycles. The largest absolute Gasteiger partial charge is 0.254 e. The molecule has 1 radical (unpaired) electrons. The molecule has 2 saturated carbocycles. The molecule has 2 aliphatic carbocycles. The fourth-order valence-corrected chi connectivity index (χ4v) is 1.75. The van der Waals surface area contributed by atoms with Crippen molar-refractivity contribution in [3.05, 3.63) is 6.42 Å². The molecule has 0 aromatic heterocycles. The Balaban J connectivity index is 2.06. The van der Waals surface area contributed by atoms with Crippen LogP contribution < -0.4 is 0 Å². The van der Waals surface area contributed by atoms with Crippen LogP contribution in [0, 0.1) is 18.3 Å². The van der Waals surface area contributed by atoms with E-state index in [2.05, 4.69) is 0 Å². The van der Waals surface area contributed by atoms with Gasteiger partial charge in [0, 0.05) is 11.8 Å². The number of hydrogen-bond acceptors (Lipinski definition) is 0. The van der Waals surface area contributed by atoms with Crippen molar-refractivity contribution in [2.24, 2.45) is 11.8 Å². The van der Waals surface area contributed by atoms with Gasteiger partial charge in [0.15, 0.2) is 0 Å². The van der Waals surface area contributed by atoms with Crippen molar-refractivity contribution in [3.63, 3.8) is 0 Å². The lowest BCUT2D eigenvalue weighted by Crippen LogP contribution is -1.92. The number of halogens is 2. The molecule has 2 unspecified atom stereocenters. The van der Waals surface area contributed by atoms with Crippen LogP contribution in [0.25, 0.3) is 0 Å². The summed E-state index contributed by atoms with van der Waals surface area (Å²) in [7, 11) is 0. The molecule has 2 aliphatic rings. The van der Waals surface area contributed by atoms with Gasteiger partial charge in [-0.05, 0) is 19.3 Å². The first kappa shape index (κ1) is 5.63. The zero-order valence-corrected chi connectivity index (χ0v) is 5.11. The van der Waals surface area contributed by atoms with E-state index in [0.717, 1.165) is 19.3 Å². The van der Waals surface area contributed by atoms with E-state index in [1.807, 2.05) is 0 Å². The molecule has 2 rings (SSSR count). The van der Waals surface area contributed by atoms with E-state index in [4.69, 9.17) is 0 Å². The van der Waals surface area contributed by atoms with Gasteiger partial charge in [0.25, 0.3) is 5.92 Å². The minimum atomic E-state index is -2.31. The van der Waals surface area contributed by atoms with Crippen LogP contribution in [0.4, 0.5) is 8.78 Å². The first-order chi connectivity index (χ1) is 4.23. The summed E-state index contributed by atoms with van der Waals surface area (Å²) in [5, 5.41) is 0. The zero-order valence-electron chi connectivity index (χ0n) is 5.11. The van der Waals surface area contributed by atoms with Gasteiger partial charge in [0.2, 0.25) is 0 Å². The molecule has 51 valence electrons. The van der Waals surface area contributed by atoms with E-state index < -0.39 is 5.92 Å². The Morgan fingerprint density at radius 2 is 2.22 bits per heavy atom. The summed E-state index contributed by atoms with van der Waals surface area (Å²) in [6.07, 6.45) is 4.40. The van der Waals surface area contributed by atoms with Crippen molar-refractivity contribution in [2.45, 2.75) is 25.2 Å². The normalized spacial score (nSPS) is 46.0. The molecule has 2 atom stereocenters. The molecule has 0 amide bonds. The average Bonchev–Trinajstić information content (AvgIpc) is 2.39. The Hall–Kier alpha value is -0.140. The molecule has 2 heteroatoms. The van der Waals surface area contributed by atoms with E-state index in [1.165, 1.54) is 0 Å². The highest BCUT2D eigenvalue weighted by Crippen LogP contribution is 2.61. The second-order valence-electron chi connectivity index (χ2n) is 2.97. The standard InChI is InChI=1S/C7H9F2/c8-7(9)5-3-1-2-4-6(5)7/h3,5-6H,1-2,4H2. The first-order valence-corrected chi connectivity index (χ1v) is 3.44. The molecule has 0 N–H and O–H groups in total. The van der Waals surface area contributed by atoms with Gasteiger partial charge >= 0.3 is 0 Å². The van der Waals surface area contributed by atoms with Crippen LogP contribution in [0.2, 0.25) is 0 Å². The Morgan fingerprint density at radius 3 is 2.67 bits per heavy atom. The lowest BCUT2D eigenvalue weighted by atomic mass is 10.0. The lowest BCUT2D eigenvalue weighted by Gasteiger charge is -2.02. The van der Waals surface area contributed by atoms with Crippen molar-refractivity contribution in [3.8, 4) is 0 Å². The Bertz CT molecular complexity index is 117. The maximum Gasteiger partial charge on any atom is 0.254 e. The molecule has 0 bridgehead atoms. The van der Waals surface area contributed by atoms with Crippen LogP contribution in [0.1, 0.15) is 19.3 Å². The minimum Gasteiger partial charge on any atom is -0.206 e. The van der Waals surface area contributed by atoms with Crippen molar-refractivity contribution in [2.75, 3.05) is 0 Å². The Kier molecular flexibility index (Phi) is 0.920. The van der Waals surface area contributed by atoms with Gasteiger partial charge in [0.05, 0.1) is 0 Å². The van der Waals surface area contributed by atoms with Gasteiger partial charge in [-0.3, -0.25) is 0 Å². The molecule has 0 saturated heterocycles. The fourth-order valence-electron chi connectivity index (χ4n) is 1.75. The van der Waals surface area contributed by atoms with Crippen LogP contribution in [-0.4, -0.2) is 5.92 Å². The monoisotopic (exact) mass is 131 g/mol. The summed E-state index contributed by atoms with van der Waals surface area (Å²) in [6, 6.07) is 0. The quantitative estimate of drug-likeness (QED) is 0.473. The molecule has 0 aromatic carbocycles. The van der Waals surface area contributed by atoms with E-state index in [-0.39, 0.29) is 11.8 Å². The summed E-state index contributed by atoms with van der Waals surface area (Å²) >= 11 is 0. The molecular formula is C7H9F2. The van der Waals surface area contributed by atoms with E-state index in [1.54, 1.807) is 6.42 Å². The Morgan fingerprint density at radius 1 is 1.44 bits per heavy atom. The van der Waals surface area contributed by atoms with Gasteiger partial charge in [-0.25, -0.2) is 8.78 Å². The third kappa shape index (κ3) is 0.620. The molecule has 0 nitrogen and oxygen atoms in total. The van der Waals surface area contributed by atoms with Gasteiger partial charge in [-0.15, -0.1) is 0 Å². The number of fused-ring (bicyclic) bond motifs is 1. The second-order valence-corrected chi connectivity index (χ2v) is 2.97. The van der Waals surface area contributed by atoms with Crippen LogP contribution in [0.3, 0.4) is 0 Å².